The molecular weight excluding hydrogens is 230 g/mol. The number of rotatable bonds is 0. The Labute approximate surface area is 92.7 Å². The molecule has 0 N–H and O–H groups in total. The van der Waals surface area contributed by atoms with Gasteiger partial charge in [-0.25, -0.2) is 12.7 Å². The minimum absolute atomic E-state index is 0.145. The van der Waals surface area contributed by atoms with Crippen LogP contribution in [-0.2, 0) is 14.8 Å². The second kappa shape index (κ2) is 3.41. The quantitative estimate of drug-likeness (QED) is 0.663. The predicted octanol–water partition coefficient (Wildman–Crippen LogP) is 0.566. The van der Waals surface area contributed by atoms with Crippen LogP contribution in [0.3, 0.4) is 0 Å². The fourth-order valence-electron chi connectivity index (χ4n) is 1.71. The molecular formula is C10H9NO4S. The van der Waals surface area contributed by atoms with Gasteiger partial charge in [0.25, 0.3) is 0 Å². The number of amides is 1. The molecule has 0 atom stereocenters. The van der Waals surface area contributed by atoms with Crippen LogP contribution in [0.5, 0.6) is 0 Å². The molecule has 1 aromatic carbocycles. The van der Waals surface area contributed by atoms with Crippen LogP contribution < -0.4 is 4.31 Å². The SMILES string of the molecule is CC(=O)N1c2ccccc2C(=O)CS1(=O)=O. The number of sulfonamides is 1. The highest BCUT2D eigenvalue weighted by atomic mass is 32.2. The van der Waals surface area contributed by atoms with Crippen LogP contribution in [-0.4, -0.2) is 25.9 Å². The zero-order chi connectivity index (χ0) is 11.9. The first-order chi connectivity index (χ1) is 7.43. The van der Waals surface area contributed by atoms with E-state index in [9.17, 15) is 18.0 Å². The topological polar surface area (TPSA) is 71.5 Å². The average molecular weight is 239 g/mol. The third-order valence-corrected chi connectivity index (χ3v) is 3.94. The van der Waals surface area contributed by atoms with Crippen LogP contribution in [0.25, 0.3) is 0 Å². The van der Waals surface area contributed by atoms with Crippen molar-refractivity contribution in [3.05, 3.63) is 29.8 Å². The molecule has 0 unspecified atom stereocenters. The summed E-state index contributed by atoms with van der Waals surface area (Å²) in [6.45, 7) is 1.16. The molecule has 16 heavy (non-hydrogen) atoms. The Morgan fingerprint density at radius 3 is 2.56 bits per heavy atom. The van der Waals surface area contributed by atoms with E-state index in [4.69, 9.17) is 0 Å². The minimum Gasteiger partial charge on any atom is -0.293 e. The van der Waals surface area contributed by atoms with Crippen LogP contribution in [0.1, 0.15) is 17.3 Å². The summed E-state index contributed by atoms with van der Waals surface area (Å²) in [5.74, 6) is -1.74. The second-order valence-electron chi connectivity index (χ2n) is 3.48. The summed E-state index contributed by atoms with van der Waals surface area (Å²) in [4.78, 5) is 22.9. The van der Waals surface area contributed by atoms with Crippen molar-refractivity contribution in [1.29, 1.82) is 0 Å². The van der Waals surface area contributed by atoms with Crippen molar-refractivity contribution in [2.75, 3.05) is 10.1 Å². The minimum atomic E-state index is -3.85. The molecule has 0 saturated heterocycles. The van der Waals surface area contributed by atoms with E-state index in [-0.39, 0.29) is 11.3 Å². The van der Waals surface area contributed by atoms with Gasteiger partial charge in [0.05, 0.1) is 5.69 Å². The molecule has 1 heterocycles. The van der Waals surface area contributed by atoms with E-state index in [1.54, 1.807) is 12.1 Å². The lowest BCUT2D eigenvalue weighted by Crippen LogP contribution is -2.43. The Hall–Kier alpha value is -1.69. The van der Waals surface area contributed by atoms with E-state index in [0.29, 0.717) is 4.31 Å². The summed E-state index contributed by atoms with van der Waals surface area (Å²) in [5.41, 5.74) is 0.416. The Morgan fingerprint density at radius 2 is 1.94 bits per heavy atom. The molecule has 0 saturated carbocycles. The smallest absolute Gasteiger partial charge is 0.249 e. The highest BCUT2D eigenvalue weighted by molar-refractivity contribution is 7.94. The first-order valence-corrected chi connectivity index (χ1v) is 6.20. The number of ketones is 1. The fraction of sp³-hybridized carbons (Fsp3) is 0.200. The van der Waals surface area contributed by atoms with E-state index >= 15 is 0 Å². The Kier molecular flexibility index (Phi) is 2.31. The van der Waals surface area contributed by atoms with Crippen molar-refractivity contribution in [3.63, 3.8) is 0 Å². The van der Waals surface area contributed by atoms with Crippen LogP contribution >= 0.6 is 0 Å². The van der Waals surface area contributed by atoms with Crippen LogP contribution in [0.2, 0.25) is 0 Å². The second-order valence-corrected chi connectivity index (χ2v) is 5.30. The Bertz CT molecular complexity index is 576. The monoisotopic (exact) mass is 239 g/mol. The predicted molar refractivity (Wildman–Crippen MR) is 57.7 cm³/mol. The zero-order valence-electron chi connectivity index (χ0n) is 8.50. The molecule has 0 aromatic heterocycles. The molecule has 2 rings (SSSR count). The number of hydrogen-bond acceptors (Lipinski definition) is 4. The lowest BCUT2D eigenvalue weighted by atomic mass is 10.1. The summed E-state index contributed by atoms with van der Waals surface area (Å²) >= 11 is 0. The van der Waals surface area contributed by atoms with Crippen molar-refractivity contribution < 1.29 is 18.0 Å². The average Bonchev–Trinajstić information content (AvgIpc) is 2.15. The molecule has 5 nitrogen and oxygen atoms in total. The van der Waals surface area contributed by atoms with Gasteiger partial charge in [0.1, 0.15) is 5.75 Å². The number of nitrogens with zero attached hydrogens (tertiary/aromatic N) is 1. The van der Waals surface area contributed by atoms with E-state index < -0.39 is 27.5 Å². The number of hydrogen-bond donors (Lipinski definition) is 0. The van der Waals surface area contributed by atoms with Gasteiger partial charge >= 0.3 is 0 Å². The Balaban J connectivity index is 2.73. The highest BCUT2D eigenvalue weighted by Crippen LogP contribution is 2.29. The number of anilines is 1. The van der Waals surface area contributed by atoms with E-state index in [1.165, 1.54) is 12.1 Å². The van der Waals surface area contributed by atoms with Crippen LogP contribution in [0, 0.1) is 0 Å². The van der Waals surface area contributed by atoms with Gasteiger partial charge in [0.15, 0.2) is 5.78 Å². The van der Waals surface area contributed by atoms with Gasteiger partial charge in [0, 0.05) is 12.5 Å². The van der Waals surface area contributed by atoms with Crippen LogP contribution in [0.15, 0.2) is 24.3 Å². The van der Waals surface area contributed by atoms with E-state index in [0.717, 1.165) is 6.92 Å². The molecule has 0 spiro atoms. The van der Waals surface area contributed by atoms with E-state index in [2.05, 4.69) is 0 Å². The van der Waals surface area contributed by atoms with Crippen molar-refractivity contribution in [2.45, 2.75) is 6.92 Å². The molecule has 0 aliphatic carbocycles. The molecule has 0 fully saturated rings. The van der Waals surface area contributed by atoms with Crippen LogP contribution in [0.4, 0.5) is 5.69 Å². The maximum atomic E-state index is 11.7. The van der Waals surface area contributed by atoms with E-state index in [1.807, 2.05) is 0 Å². The van der Waals surface area contributed by atoms with Crippen molar-refractivity contribution in [1.82, 2.24) is 0 Å². The number of carbonyl (C=O) groups excluding carboxylic acids is 2. The molecule has 1 aliphatic rings. The number of para-hydroxylation sites is 1. The highest BCUT2D eigenvalue weighted by Gasteiger charge is 2.36. The van der Waals surface area contributed by atoms with Gasteiger partial charge < -0.3 is 0 Å². The Morgan fingerprint density at radius 1 is 1.31 bits per heavy atom. The van der Waals surface area contributed by atoms with Gasteiger partial charge in [-0.1, -0.05) is 12.1 Å². The summed E-state index contributed by atoms with van der Waals surface area (Å²) in [7, 11) is -3.85. The lowest BCUT2D eigenvalue weighted by molar-refractivity contribution is -0.115. The van der Waals surface area contributed by atoms with Gasteiger partial charge in [-0.15, -0.1) is 0 Å². The normalized spacial score (nSPS) is 18.1. The van der Waals surface area contributed by atoms with Gasteiger partial charge in [0.2, 0.25) is 15.9 Å². The fourth-order valence-corrected chi connectivity index (χ4v) is 3.18. The van der Waals surface area contributed by atoms with Gasteiger partial charge in [-0.05, 0) is 12.1 Å². The molecule has 84 valence electrons. The van der Waals surface area contributed by atoms with Gasteiger partial charge in [-0.3, -0.25) is 9.59 Å². The lowest BCUT2D eigenvalue weighted by Gasteiger charge is -2.26. The molecule has 0 radical (unpaired) electrons. The molecule has 0 bridgehead atoms. The van der Waals surface area contributed by atoms with Gasteiger partial charge in [-0.2, -0.15) is 0 Å². The molecule has 1 amide bonds. The number of benzene rings is 1. The third-order valence-electron chi connectivity index (χ3n) is 2.30. The largest absolute Gasteiger partial charge is 0.293 e. The number of Topliss-reactive ketones (excluding diaryl/α,β-unsaturated/α-hetero) is 1. The van der Waals surface area contributed by atoms with Crippen molar-refractivity contribution in [3.8, 4) is 0 Å². The third kappa shape index (κ3) is 1.51. The first kappa shape index (κ1) is 10.8. The zero-order valence-corrected chi connectivity index (χ0v) is 9.32. The number of fused-ring (bicyclic) bond motifs is 1. The maximum Gasteiger partial charge on any atom is 0.249 e. The number of carbonyl (C=O) groups is 2. The molecule has 6 heteroatoms. The molecule has 1 aromatic rings. The summed E-state index contributed by atoms with van der Waals surface area (Å²) < 4.78 is 24.0. The standard InChI is InChI=1S/C10H9NO4S/c1-7(12)11-9-5-3-2-4-8(9)10(13)6-16(11,14)15/h2-5H,6H2,1H3. The molecule has 1 aliphatic heterocycles. The van der Waals surface area contributed by atoms with Crippen molar-refractivity contribution in [2.24, 2.45) is 0 Å². The maximum absolute atomic E-state index is 11.7. The van der Waals surface area contributed by atoms with Crippen molar-refractivity contribution >= 4 is 27.4 Å². The summed E-state index contributed by atoms with van der Waals surface area (Å²) in [6.07, 6.45) is 0. The summed E-state index contributed by atoms with van der Waals surface area (Å²) in [6, 6.07) is 6.18. The first-order valence-electron chi connectivity index (χ1n) is 4.59. The summed E-state index contributed by atoms with van der Waals surface area (Å²) in [5, 5.41) is 0.